The van der Waals surface area contributed by atoms with Crippen LogP contribution in [0, 0.1) is 5.92 Å². The molecule has 1 N–H and O–H groups in total. The fourth-order valence-corrected chi connectivity index (χ4v) is 2.88. The number of hydrogen-bond donors (Lipinski definition) is 1. The Bertz CT molecular complexity index is 574. The number of rotatable bonds is 7. The van der Waals surface area contributed by atoms with E-state index in [0.29, 0.717) is 38.1 Å². The minimum Gasteiger partial charge on any atom is -0.508 e. The van der Waals surface area contributed by atoms with E-state index in [0.717, 1.165) is 6.42 Å². The number of aromatic hydroxyl groups is 1. The first-order valence-corrected chi connectivity index (χ1v) is 8.37. The summed E-state index contributed by atoms with van der Waals surface area (Å²) in [5.41, 5.74) is 0.610. The van der Waals surface area contributed by atoms with E-state index in [1.54, 1.807) is 30.0 Å². The summed E-state index contributed by atoms with van der Waals surface area (Å²) >= 11 is 0. The van der Waals surface area contributed by atoms with Crippen molar-refractivity contribution in [3.63, 3.8) is 0 Å². The van der Waals surface area contributed by atoms with Crippen LogP contribution in [0.1, 0.15) is 36.5 Å². The van der Waals surface area contributed by atoms with Crippen LogP contribution in [0.4, 0.5) is 0 Å². The Balaban J connectivity index is 1.84. The van der Waals surface area contributed by atoms with Gasteiger partial charge in [-0.3, -0.25) is 9.59 Å². The molecule has 0 radical (unpaired) electrons. The van der Waals surface area contributed by atoms with Gasteiger partial charge < -0.3 is 14.7 Å². The lowest BCUT2D eigenvalue weighted by Gasteiger charge is -2.33. The molecule has 1 aromatic carbocycles. The van der Waals surface area contributed by atoms with E-state index >= 15 is 0 Å². The maximum Gasteiger partial charge on any atom is 0.251 e. The molecule has 1 fully saturated rings. The molecule has 1 atom stereocenters. The van der Waals surface area contributed by atoms with Crippen LogP contribution in [0.3, 0.4) is 0 Å². The predicted molar refractivity (Wildman–Crippen MR) is 92.0 cm³/mol. The van der Waals surface area contributed by atoms with Gasteiger partial charge in [-0.2, -0.15) is 0 Å². The van der Waals surface area contributed by atoms with Gasteiger partial charge in [-0.05, 0) is 50.5 Å². The van der Waals surface area contributed by atoms with Crippen LogP contribution in [0.25, 0.3) is 0 Å². The van der Waals surface area contributed by atoms with Gasteiger partial charge in [0.05, 0.1) is 6.61 Å². The molecule has 5 nitrogen and oxygen atoms in total. The quantitative estimate of drug-likeness (QED) is 0.474. The number of ether oxygens (including phenoxy) is 1. The van der Waals surface area contributed by atoms with Gasteiger partial charge in [0.1, 0.15) is 11.9 Å². The molecule has 0 bridgehead atoms. The zero-order chi connectivity index (χ0) is 17.5. The zero-order valence-electron chi connectivity index (χ0n) is 14.1. The van der Waals surface area contributed by atoms with Gasteiger partial charge >= 0.3 is 0 Å². The molecule has 1 saturated heterocycles. The molecule has 0 aliphatic carbocycles. The number of carbonyl (C=O) groups is 2. The van der Waals surface area contributed by atoms with Crippen molar-refractivity contribution in [1.82, 2.24) is 4.90 Å². The van der Waals surface area contributed by atoms with Crippen LogP contribution in [0.2, 0.25) is 0 Å². The fraction of sp³-hybridized carbons (Fsp3) is 0.474. The highest BCUT2D eigenvalue weighted by atomic mass is 16.5. The van der Waals surface area contributed by atoms with Crippen LogP contribution in [-0.2, 0) is 9.53 Å². The standard InChI is InChI=1S/C19H25NO4/c1-3-4-13-24-14(2)19(23)20-11-9-16(10-12-20)18(22)15-5-7-17(21)8-6-15/h3,5-8,14,16,21H,1,4,9-13H2,2H3. The van der Waals surface area contributed by atoms with E-state index in [2.05, 4.69) is 6.58 Å². The van der Waals surface area contributed by atoms with Gasteiger partial charge in [-0.25, -0.2) is 0 Å². The first-order valence-electron chi connectivity index (χ1n) is 8.37. The molecule has 1 aliphatic rings. The molecule has 1 amide bonds. The highest BCUT2D eigenvalue weighted by molar-refractivity contribution is 5.98. The van der Waals surface area contributed by atoms with E-state index in [4.69, 9.17) is 4.74 Å². The summed E-state index contributed by atoms with van der Waals surface area (Å²) < 4.78 is 5.50. The Morgan fingerprint density at radius 3 is 2.54 bits per heavy atom. The van der Waals surface area contributed by atoms with Crippen LogP contribution in [-0.4, -0.2) is 47.5 Å². The van der Waals surface area contributed by atoms with Gasteiger partial charge in [0.25, 0.3) is 5.91 Å². The molecule has 0 spiro atoms. The average molecular weight is 331 g/mol. The number of ketones is 1. The lowest BCUT2D eigenvalue weighted by Crippen LogP contribution is -2.45. The number of phenols is 1. The molecule has 1 aliphatic heterocycles. The SMILES string of the molecule is C=CCCOC(C)C(=O)N1CCC(C(=O)c2ccc(O)cc2)CC1. The second-order valence-corrected chi connectivity index (χ2v) is 6.10. The fourth-order valence-electron chi connectivity index (χ4n) is 2.88. The number of benzene rings is 1. The van der Waals surface area contributed by atoms with E-state index in [9.17, 15) is 14.7 Å². The maximum absolute atomic E-state index is 12.5. The number of Topliss-reactive ketones (excluding diaryl/α,β-unsaturated/α-hetero) is 1. The van der Waals surface area contributed by atoms with E-state index in [-0.39, 0.29) is 23.4 Å². The lowest BCUT2D eigenvalue weighted by molar-refractivity contribution is -0.143. The molecular formula is C19H25NO4. The largest absolute Gasteiger partial charge is 0.508 e. The van der Waals surface area contributed by atoms with Crippen molar-refractivity contribution in [2.24, 2.45) is 5.92 Å². The second-order valence-electron chi connectivity index (χ2n) is 6.10. The molecule has 1 unspecified atom stereocenters. The predicted octanol–water partition coefficient (Wildman–Crippen LogP) is 2.79. The summed E-state index contributed by atoms with van der Waals surface area (Å²) in [5, 5.41) is 9.30. The van der Waals surface area contributed by atoms with Gasteiger partial charge in [0, 0.05) is 24.6 Å². The molecule has 0 aromatic heterocycles. The van der Waals surface area contributed by atoms with Crippen LogP contribution in [0.5, 0.6) is 5.75 Å². The summed E-state index contributed by atoms with van der Waals surface area (Å²) in [6.45, 7) is 7.02. The first-order chi connectivity index (χ1) is 11.5. The third-order valence-electron chi connectivity index (χ3n) is 4.37. The third kappa shape index (κ3) is 4.68. The maximum atomic E-state index is 12.5. The normalized spacial score (nSPS) is 16.6. The number of hydrogen-bond acceptors (Lipinski definition) is 4. The number of phenolic OH excluding ortho intramolecular Hbond substituents is 1. The van der Waals surface area contributed by atoms with Gasteiger partial charge in [0.15, 0.2) is 5.78 Å². The highest BCUT2D eigenvalue weighted by Gasteiger charge is 2.29. The van der Waals surface area contributed by atoms with Crippen molar-refractivity contribution in [1.29, 1.82) is 0 Å². The molecule has 5 heteroatoms. The summed E-state index contributed by atoms with van der Waals surface area (Å²) in [6.07, 6.45) is 3.34. The molecule has 2 rings (SSSR count). The van der Waals surface area contributed by atoms with Crippen molar-refractivity contribution in [3.05, 3.63) is 42.5 Å². The van der Waals surface area contributed by atoms with Crippen LogP contribution >= 0.6 is 0 Å². The number of amides is 1. The van der Waals surface area contributed by atoms with Gasteiger partial charge in [0.2, 0.25) is 0 Å². The smallest absolute Gasteiger partial charge is 0.251 e. The number of likely N-dealkylation sites (tertiary alicyclic amines) is 1. The Morgan fingerprint density at radius 1 is 1.33 bits per heavy atom. The summed E-state index contributed by atoms with van der Waals surface area (Å²) in [5.74, 6) is 0.139. The van der Waals surface area contributed by atoms with E-state index in [1.165, 1.54) is 12.1 Å². The minimum atomic E-state index is -0.464. The molecular weight excluding hydrogens is 306 g/mol. The highest BCUT2D eigenvalue weighted by Crippen LogP contribution is 2.23. The van der Waals surface area contributed by atoms with Gasteiger partial charge in [-0.15, -0.1) is 6.58 Å². The third-order valence-corrected chi connectivity index (χ3v) is 4.37. The van der Waals surface area contributed by atoms with E-state index in [1.807, 2.05) is 0 Å². The molecule has 0 saturated carbocycles. The Kier molecular flexibility index (Phi) is 6.55. The van der Waals surface area contributed by atoms with Crippen LogP contribution < -0.4 is 0 Å². The first kappa shape index (κ1) is 18.2. The molecule has 130 valence electrons. The molecule has 1 aromatic rings. The molecule has 24 heavy (non-hydrogen) atoms. The zero-order valence-corrected chi connectivity index (χ0v) is 14.1. The Hall–Kier alpha value is -2.14. The number of nitrogens with zero attached hydrogens (tertiary/aromatic N) is 1. The van der Waals surface area contributed by atoms with Crippen molar-refractivity contribution >= 4 is 11.7 Å². The second kappa shape index (κ2) is 8.64. The average Bonchev–Trinajstić information content (AvgIpc) is 2.61. The van der Waals surface area contributed by atoms with Crippen molar-refractivity contribution in [2.45, 2.75) is 32.3 Å². The Labute approximate surface area is 142 Å². The Morgan fingerprint density at radius 2 is 1.96 bits per heavy atom. The summed E-state index contributed by atoms with van der Waals surface area (Å²) in [6, 6.07) is 6.33. The van der Waals surface area contributed by atoms with Crippen molar-refractivity contribution < 1.29 is 19.4 Å². The number of piperidine rings is 1. The van der Waals surface area contributed by atoms with Gasteiger partial charge in [-0.1, -0.05) is 6.08 Å². The van der Waals surface area contributed by atoms with Crippen molar-refractivity contribution in [2.75, 3.05) is 19.7 Å². The molecule has 1 heterocycles. The lowest BCUT2D eigenvalue weighted by atomic mass is 9.88. The topological polar surface area (TPSA) is 66.8 Å². The van der Waals surface area contributed by atoms with Crippen LogP contribution in [0.15, 0.2) is 36.9 Å². The monoisotopic (exact) mass is 331 g/mol. The number of carbonyl (C=O) groups excluding carboxylic acids is 2. The summed E-state index contributed by atoms with van der Waals surface area (Å²) in [7, 11) is 0. The summed E-state index contributed by atoms with van der Waals surface area (Å²) in [4.78, 5) is 26.6. The van der Waals surface area contributed by atoms with E-state index < -0.39 is 6.10 Å². The van der Waals surface area contributed by atoms with Crippen molar-refractivity contribution in [3.8, 4) is 5.75 Å². The minimum absolute atomic E-state index is 0.0189.